The van der Waals surface area contributed by atoms with Gasteiger partial charge in [-0.1, -0.05) is 24.3 Å². The third kappa shape index (κ3) is 4.01. The van der Waals surface area contributed by atoms with Gasteiger partial charge in [0.25, 0.3) is 5.91 Å². The number of ether oxygens (including phenoxy) is 1. The molecule has 2 bridgehead atoms. The zero-order valence-electron chi connectivity index (χ0n) is 21.4. The lowest BCUT2D eigenvalue weighted by Gasteiger charge is -2.33. The molecule has 8 nitrogen and oxygen atoms in total. The number of hydrogen-bond donors (Lipinski definition) is 2. The summed E-state index contributed by atoms with van der Waals surface area (Å²) in [5.41, 5.74) is 14.8. The topological polar surface area (TPSA) is 101 Å². The number of aromatic nitrogens is 1. The van der Waals surface area contributed by atoms with Crippen molar-refractivity contribution >= 4 is 17.8 Å². The average Bonchev–Trinajstić information content (AvgIpc) is 3.43. The van der Waals surface area contributed by atoms with Crippen molar-refractivity contribution in [3.05, 3.63) is 92.7 Å². The summed E-state index contributed by atoms with van der Waals surface area (Å²) in [6.07, 6.45) is 0.663. The van der Waals surface area contributed by atoms with Crippen molar-refractivity contribution < 1.29 is 14.3 Å². The number of rotatable bonds is 5. The van der Waals surface area contributed by atoms with Gasteiger partial charge >= 0.3 is 6.03 Å². The van der Waals surface area contributed by atoms with E-state index in [1.54, 1.807) is 4.90 Å². The molecule has 0 radical (unpaired) electrons. The molecule has 0 aliphatic carbocycles. The van der Waals surface area contributed by atoms with Crippen LogP contribution >= 0.6 is 0 Å². The minimum Gasteiger partial charge on any atom is -0.384 e. The number of carbonyl (C=O) groups excluding carboxylic acids is 2. The van der Waals surface area contributed by atoms with E-state index < -0.39 is 0 Å². The molecule has 1 saturated heterocycles. The number of anilines is 1. The van der Waals surface area contributed by atoms with Crippen molar-refractivity contribution in [3.8, 4) is 0 Å². The molecule has 37 heavy (non-hydrogen) atoms. The van der Waals surface area contributed by atoms with Crippen LogP contribution in [0.15, 0.2) is 42.5 Å². The second-order valence-electron chi connectivity index (χ2n) is 10.3. The summed E-state index contributed by atoms with van der Waals surface area (Å²) >= 11 is 0. The summed E-state index contributed by atoms with van der Waals surface area (Å²) in [6.45, 7) is 6.43. The SMILES string of the molecule is Cc1cc(N)nc(C)c1CNC(=O)c1ccc2c(c1)[C@@H]1O[C@H]2c2ccc(CN3CCCN(C)C3=O)cc21. The van der Waals surface area contributed by atoms with Gasteiger partial charge in [-0.15, -0.1) is 0 Å². The van der Waals surface area contributed by atoms with Gasteiger partial charge in [0.05, 0.1) is 0 Å². The molecule has 0 saturated carbocycles. The lowest BCUT2D eigenvalue weighted by Crippen LogP contribution is -2.46. The van der Waals surface area contributed by atoms with Crippen LogP contribution in [0.5, 0.6) is 0 Å². The van der Waals surface area contributed by atoms with E-state index in [-0.39, 0.29) is 24.1 Å². The van der Waals surface area contributed by atoms with Crippen LogP contribution in [0.25, 0.3) is 0 Å². The fraction of sp³-hybridized carbons (Fsp3) is 0.345. The number of nitrogens with one attached hydrogen (secondary N) is 1. The average molecular weight is 498 g/mol. The van der Waals surface area contributed by atoms with E-state index in [4.69, 9.17) is 10.5 Å². The third-order valence-electron chi connectivity index (χ3n) is 7.79. The highest BCUT2D eigenvalue weighted by Crippen LogP contribution is 2.54. The molecule has 190 valence electrons. The smallest absolute Gasteiger partial charge is 0.320 e. The van der Waals surface area contributed by atoms with Crippen LogP contribution in [0.1, 0.15) is 73.6 Å². The zero-order chi connectivity index (χ0) is 25.8. The summed E-state index contributed by atoms with van der Waals surface area (Å²) in [6, 6.07) is 14.1. The van der Waals surface area contributed by atoms with E-state index in [0.29, 0.717) is 24.5 Å². The van der Waals surface area contributed by atoms with Crippen LogP contribution in [0.3, 0.4) is 0 Å². The summed E-state index contributed by atoms with van der Waals surface area (Å²) in [5.74, 6) is 0.347. The van der Waals surface area contributed by atoms with E-state index in [9.17, 15) is 9.59 Å². The second-order valence-corrected chi connectivity index (χ2v) is 10.3. The van der Waals surface area contributed by atoms with Gasteiger partial charge in [0.15, 0.2) is 0 Å². The molecule has 3 aliphatic rings. The van der Waals surface area contributed by atoms with E-state index in [2.05, 4.69) is 28.5 Å². The van der Waals surface area contributed by atoms with Crippen LogP contribution in [0.4, 0.5) is 10.6 Å². The Morgan fingerprint density at radius 3 is 2.57 bits per heavy atom. The molecular formula is C29H31N5O3. The minimum absolute atomic E-state index is 0.0747. The van der Waals surface area contributed by atoms with Crippen LogP contribution in [-0.2, 0) is 17.8 Å². The van der Waals surface area contributed by atoms with E-state index in [0.717, 1.165) is 58.6 Å². The Labute approximate surface area is 216 Å². The first-order valence-corrected chi connectivity index (χ1v) is 12.7. The number of benzene rings is 2. The maximum atomic E-state index is 13.1. The number of hydrogen-bond acceptors (Lipinski definition) is 5. The fourth-order valence-electron chi connectivity index (χ4n) is 5.86. The first-order chi connectivity index (χ1) is 17.8. The number of aryl methyl sites for hydroxylation is 2. The van der Waals surface area contributed by atoms with Gasteiger partial charge in [-0.2, -0.15) is 0 Å². The Kier molecular flexibility index (Phi) is 5.64. The molecule has 0 unspecified atom stereocenters. The Hall–Kier alpha value is -3.91. The van der Waals surface area contributed by atoms with Gasteiger partial charge < -0.3 is 25.6 Å². The largest absolute Gasteiger partial charge is 0.384 e. The number of urea groups is 1. The number of nitrogen functional groups attached to an aromatic ring is 1. The normalized spacial score (nSPS) is 19.7. The molecule has 2 aromatic carbocycles. The Bertz CT molecular complexity index is 1410. The van der Waals surface area contributed by atoms with Crippen LogP contribution in [0.2, 0.25) is 0 Å². The Morgan fingerprint density at radius 2 is 1.78 bits per heavy atom. The predicted octanol–water partition coefficient (Wildman–Crippen LogP) is 3.99. The van der Waals surface area contributed by atoms with Crippen molar-refractivity contribution in [1.29, 1.82) is 0 Å². The maximum absolute atomic E-state index is 13.1. The van der Waals surface area contributed by atoms with E-state index >= 15 is 0 Å². The lowest BCUT2D eigenvalue weighted by atomic mass is 9.84. The standard InChI is InChI=1S/C29H31N5O3/c1-16-11-25(30)32-17(2)24(16)14-31-28(35)19-6-8-21-23(13-19)27-22-12-18(5-7-20(22)26(21)37-27)15-34-10-4-9-33(3)29(34)36/h5-8,11-13,26-27H,4,9-10,14-15H2,1-3H3,(H2,30,32)(H,31,35)/t26-,27+/m0/s1. The van der Waals surface area contributed by atoms with Crippen LogP contribution < -0.4 is 11.1 Å². The number of nitrogens with two attached hydrogens (primary N) is 1. The van der Waals surface area contributed by atoms with Crippen molar-refractivity contribution in [2.24, 2.45) is 0 Å². The molecule has 2 atom stereocenters. The molecule has 1 fully saturated rings. The first kappa shape index (κ1) is 23.5. The van der Waals surface area contributed by atoms with Gasteiger partial charge in [0.2, 0.25) is 0 Å². The molecule has 3 aliphatic heterocycles. The van der Waals surface area contributed by atoms with Gasteiger partial charge in [0, 0.05) is 44.5 Å². The van der Waals surface area contributed by atoms with Crippen molar-refractivity contribution in [1.82, 2.24) is 20.1 Å². The van der Waals surface area contributed by atoms with Gasteiger partial charge in [0.1, 0.15) is 18.0 Å². The highest BCUT2D eigenvalue weighted by Gasteiger charge is 2.43. The van der Waals surface area contributed by atoms with Crippen LogP contribution in [0, 0.1) is 13.8 Å². The molecule has 8 heteroatoms. The van der Waals surface area contributed by atoms with Crippen LogP contribution in [-0.4, -0.2) is 46.9 Å². The monoisotopic (exact) mass is 497 g/mol. The van der Waals surface area contributed by atoms with E-state index in [1.807, 2.05) is 50.1 Å². The highest BCUT2D eigenvalue weighted by molar-refractivity contribution is 5.94. The fourth-order valence-corrected chi connectivity index (χ4v) is 5.86. The summed E-state index contributed by atoms with van der Waals surface area (Å²) < 4.78 is 6.36. The number of carbonyl (C=O) groups is 2. The Morgan fingerprint density at radius 1 is 1.05 bits per heavy atom. The number of fused-ring (bicyclic) bond motifs is 8. The maximum Gasteiger partial charge on any atom is 0.320 e. The molecule has 6 rings (SSSR count). The van der Waals surface area contributed by atoms with Gasteiger partial charge in [-0.25, -0.2) is 9.78 Å². The molecule has 4 heterocycles. The molecule has 3 aromatic rings. The number of amides is 3. The van der Waals surface area contributed by atoms with Gasteiger partial charge in [-0.3, -0.25) is 4.79 Å². The summed E-state index contributed by atoms with van der Waals surface area (Å²) in [5, 5.41) is 3.03. The first-order valence-electron chi connectivity index (χ1n) is 12.7. The van der Waals surface area contributed by atoms with Crippen molar-refractivity contribution in [2.45, 2.75) is 45.6 Å². The molecular weight excluding hydrogens is 466 g/mol. The quantitative estimate of drug-likeness (QED) is 0.555. The number of pyridine rings is 1. The molecule has 3 amide bonds. The molecule has 0 spiro atoms. The summed E-state index contributed by atoms with van der Waals surface area (Å²) in [4.78, 5) is 33.6. The lowest BCUT2D eigenvalue weighted by molar-refractivity contribution is 0.0857. The van der Waals surface area contributed by atoms with Crippen molar-refractivity contribution in [3.63, 3.8) is 0 Å². The number of nitrogens with zero attached hydrogens (tertiary/aromatic N) is 3. The second kappa shape index (κ2) is 8.88. The molecule has 1 aromatic heterocycles. The summed E-state index contributed by atoms with van der Waals surface area (Å²) in [7, 11) is 1.85. The van der Waals surface area contributed by atoms with E-state index in [1.165, 1.54) is 5.56 Å². The Balaban J connectivity index is 1.20. The zero-order valence-corrected chi connectivity index (χ0v) is 21.4. The van der Waals surface area contributed by atoms with Gasteiger partial charge in [-0.05, 0) is 77.4 Å². The third-order valence-corrected chi connectivity index (χ3v) is 7.79. The minimum atomic E-state index is -0.201. The van der Waals surface area contributed by atoms with Crippen molar-refractivity contribution in [2.75, 3.05) is 25.9 Å². The highest BCUT2D eigenvalue weighted by atomic mass is 16.5. The predicted molar refractivity (Wildman–Crippen MR) is 140 cm³/mol. The molecule has 3 N–H and O–H groups in total.